The third kappa shape index (κ3) is 2.70. The van der Waals surface area contributed by atoms with Crippen molar-refractivity contribution in [2.75, 3.05) is 13.6 Å². The van der Waals surface area contributed by atoms with E-state index in [4.69, 9.17) is 10.8 Å². The van der Waals surface area contributed by atoms with Crippen molar-refractivity contribution in [2.24, 2.45) is 5.73 Å². The molecule has 1 aromatic rings. The summed E-state index contributed by atoms with van der Waals surface area (Å²) < 4.78 is 39.2. The summed E-state index contributed by atoms with van der Waals surface area (Å²) in [6.45, 7) is -0.159. The van der Waals surface area contributed by atoms with Crippen LogP contribution in [-0.4, -0.2) is 34.5 Å². The Hall–Kier alpha value is -1.83. The molecule has 0 bridgehead atoms. The molecule has 0 saturated heterocycles. The number of phenols is 1. The molecule has 0 fully saturated rings. The Bertz CT molecular complexity index is 522. The van der Waals surface area contributed by atoms with Crippen molar-refractivity contribution >= 4 is 23.1 Å². The number of likely N-dealkylation sites (N-methyl/N-ethyl adjacent to an activating group) is 1. The van der Waals surface area contributed by atoms with Gasteiger partial charge >= 0.3 is 0 Å². The number of carbonyl (C=O) groups excluding carboxylic acids is 1. The van der Waals surface area contributed by atoms with Gasteiger partial charge in [-0.2, -0.15) is 4.39 Å². The van der Waals surface area contributed by atoms with Gasteiger partial charge < -0.3 is 15.7 Å². The van der Waals surface area contributed by atoms with E-state index in [-0.39, 0.29) is 11.5 Å². The molecule has 0 aliphatic rings. The first-order chi connectivity index (χ1) is 8.25. The van der Waals surface area contributed by atoms with Crippen molar-refractivity contribution in [1.29, 1.82) is 0 Å². The number of nitrogens with zero attached hydrogens (tertiary/aromatic N) is 1. The average Bonchev–Trinajstić information content (AvgIpc) is 2.29. The lowest BCUT2D eigenvalue weighted by Gasteiger charge is -2.17. The number of aromatic hydroxyl groups is 1. The standard InChI is InChI=1S/C10H9F3N2O2S/c1-15(3-6(14)18)10(17)4-2-5(11)8(13)9(16)7(4)12/h2,16H,3H2,1H3,(H2,14,18). The van der Waals surface area contributed by atoms with Gasteiger partial charge in [0.1, 0.15) is 0 Å². The molecular weight excluding hydrogens is 269 g/mol. The van der Waals surface area contributed by atoms with Gasteiger partial charge in [0.2, 0.25) is 5.82 Å². The summed E-state index contributed by atoms with van der Waals surface area (Å²) in [5.74, 6) is -7.33. The highest BCUT2D eigenvalue weighted by Gasteiger charge is 2.24. The fraction of sp³-hybridized carbons (Fsp3) is 0.200. The molecule has 3 N–H and O–H groups in total. The monoisotopic (exact) mass is 278 g/mol. The summed E-state index contributed by atoms with van der Waals surface area (Å²) in [4.78, 5) is 12.6. The minimum atomic E-state index is -1.75. The van der Waals surface area contributed by atoms with E-state index in [1.165, 1.54) is 7.05 Å². The molecule has 0 unspecified atom stereocenters. The predicted octanol–water partition coefficient (Wildman–Crippen LogP) is 1.17. The Kier molecular flexibility index (Phi) is 4.12. The molecule has 1 aromatic carbocycles. The van der Waals surface area contributed by atoms with Crippen LogP contribution >= 0.6 is 12.2 Å². The van der Waals surface area contributed by atoms with Gasteiger partial charge in [0.05, 0.1) is 17.1 Å². The van der Waals surface area contributed by atoms with Gasteiger partial charge in [0.25, 0.3) is 5.91 Å². The third-order valence-corrected chi connectivity index (χ3v) is 2.23. The van der Waals surface area contributed by atoms with Crippen LogP contribution in [0.2, 0.25) is 0 Å². The maximum Gasteiger partial charge on any atom is 0.257 e. The minimum absolute atomic E-state index is 0.0296. The van der Waals surface area contributed by atoms with E-state index in [9.17, 15) is 18.0 Å². The van der Waals surface area contributed by atoms with Crippen molar-refractivity contribution in [3.63, 3.8) is 0 Å². The van der Waals surface area contributed by atoms with Crippen molar-refractivity contribution in [3.05, 3.63) is 29.1 Å². The maximum absolute atomic E-state index is 13.4. The number of hydrogen-bond donors (Lipinski definition) is 2. The number of phenolic OH excluding ortho intramolecular Hbond substituents is 1. The van der Waals surface area contributed by atoms with Crippen LogP contribution in [0.5, 0.6) is 5.75 Å². The van der Waals surface area contributed by atoms with E-state index < -0.39 is 34.7 Å². The number of thiocarbonyl (C=S) groups is 1. The second-order valence-electron chi connectivity index (χ2n) is 3.51. The second-order valence-corrected chi connectivity index (χ2v) is 4.03. The van der Waals surface area contributed by atoms with E-state index in [2.05, 4.69) is 12.2 Å². The number of amides is 1. The molecular formula is C10H9F3N2O2S. The first-order valence-electron chi connectivity index (χ1n) is 4.66. The summed E-state index contributed by atoms with van der Waals surface area (Å²) in [5, 5.41) is 8.97. The van der Waals surface area contributed by atoms with Gasteiger partial charge in [-0.15, -0.1) is 0 Å². The molecule has 0 aromatic heterocycles. The van der Waals surface area contributed by atoms with Crippen LogP contribution in [-0.2, 0) is 0 Å². The molecule has 0 aliphatic heterocycles. The average molecular weight is 278 g/mol. The number of nitrogens with two attached hydrogens (primary N) is 1. The van der Waals surface area contributed by atoms with Gasteiger partial charge in [-0.25, -0.2) is 8.78 Å². The molecule has 0 aliphatic carbocycles. The van der Waals surface area contributed by atoms with Gasteiger partial charge in [-0.3, -0.25) is 4.79 Å². The first-order valence-corrected chi connectivity index (χ1v) is 5.06. The summed E-state index contributed by atoms with van der Waals surface area (Å²) >= 11 is 4.55. The second kappa shape index (κ2) is 5.21. The largest absolute Gasteiger partial charge is 0.503 e. The lowest BCUT2D eigenvalue weighted by atomic mass is 10.1. The van der Waals surface area contributed by atoms with Gasteiger partial charge in [-0.1, -0.05) is 12.2 Å². The molecule has 0 radical (unpaired) electrons. The zero-order valence-corrected chi connectivity index (χ0v) is 10.0. The molecule has 1 rings (SSSR count). The molecule has 98 valence electrons. The fourth-order valence-corrected chi connectivity index (χ4v) is 1.45. The van der Waals surface area contributed by atoms with Gasteiger partial charge in [-0.05, 0) is 6.07 Å². The number of benzene rings is 1. The summed E-state index contributed by atoms with van der Waals surface area (Å²) in [5.41, 5.74) is 4.39. The highest BCUT2D eigenvalue weighted by atomic mass is 32.1. The van der Waals surface area contributed by atoms with Crippen LogP contribution in [0, 0.1) is 17.5 Å². The molecule has 1 amide bonds. The van der Waals surface area contributed by atoms with Crippen LogP contribution in [0.1, 0.15) is 10.4 Å². The Morgan fingerprint density at radius 3 is 2.50 bits per heavy atom. The lowest BCUT2D eigenvalue weighted by Crippen LogP contribution is -2.35. The Morgan fingerprint density at radius 1 is 1.44 bits per heavy atom. The normalized spacial score (nSPS) is 10.2. The topological polar surface area (TPSA) is 66.6 Å². The smallest absolute Gasteiger partial charge is 0.257 e. The maximum atomic E-state index is 13.4. The van der Waals surface area contributed by atoms with Crippen LogP contribution in [0.25, 0.3) is 0 Å². The van der Waals surface area contributed by atoms with Crippen molar-refractivity contribution in [1.82, 2.24) is 4.90 Å². The van der Waals surface area contributed by atoms with E-state index in [1.54, 1.807) is 0 Å². The summed E-state index contributed by atoms with van der Waals surface area (Å²) in [7, 11) is 1.25. The number of rotatable bonds is 3. The van der Waals surface area contributed by atoms with Crippen LogP contribution in [0.4, 0.5) is 13.2 Å². The highest BCUT2D eigenvalue weighted by molar-refractivity contribution is 7.80. The quantitative estimate of drug-likeness (QED) is 0.643. The van der Waals surface area contributed by atoms with Crippen molar-refractivity contribution in [3.8, 4) is 5.75 Å². The number of halogens is 3. The van der Waals surface area contributed by atoms with E-state index in [1.807, 2.05) is 0 Å². The number of carbonyl (C=O) groups is 1. The molecule has 0 atom stereocenters. The molecule has 0 heterocycles. The van der Waals surface area contributed by atoms with E-state index >= 15 is 0 Å². The third-order valence-electron chi connectivity index (χ3n) is 2.10. The molecule has 0 spiro atoms. The fourth-order valence-electron chi connectivity index (χ4n) is 1.26. The molecule has 0 saturated carbocycles. The molecule has 18 heavy (non-hydrogen) atoms. The van der Waals surface area contributed by atoms with Crippen LogP contribution in [0.15, 0.2) is 6.07 Å². The van der Waals surface area contributed by atoms with Gasteiger partial charge in [0.15, 0.2) is 17.4 Å². The Labute approximate surface area is 106 Å². The van der Waals surface area contributed by atoms with Gasteiger partial charge in [0, 0.05) is 7.05 Å². The van der Waals surface area contributed by atoms with Crippen molar-refractivity contribution in [2.45, 2.75) is 0 Å². The Morgan fingerprint density at radius 2 is 2.00 bits per heavy atom. The predicted molar refractivity (Wildman–Crippen MR) is 61.7 cm³/mol. The molecule has 8 heteroatoms. The zero-order valence-electron chi connectivity index (χ0n) is 9.21. The van der Waals surface area contributed by atoms with E-state index in [0.29, 0.717) is 6.07 Å². The minimum Gasteiger partial charge on any atom is -0.503 e. The SMILES string of the molecule is CN(CC(N)=S)C(=O)c1cc(F)c(F)c(O)c1F. The summed E-state index contributed by atoms with van der Waals surface area (Å²) in [6, 6.07) is 0.364. The van der Waals surface area contributed by atoms with Crippen LogP contribution in [0.3, 0.4) is 0 Å². The van der Waals surface area contributed by atoms with Crippen LogP contribution < -0.4 is 5.73 Å². The Balaban J connectivity index is 3.18. The first kappa shape index (κ1) is 14.2. The van der Waals surface area contributed by atoms with Crippen molar-refractivity contribution < 1.29 is 23.1 Å². The summed E-state index contributed by atoms with van der Waals surface area (Å²) in [6.07, 6.45) is 0. The van der Waals surface area contributed by atoms with E-state index in [0.717, 1.165) is 4.90 Å². The number of hydrogen-bond acceptors (Lipinski definition) is 3. The zero-order chi connectivity index (χ0) is 14.0. The molecule has 4 nitrogen and oxygen atoms in total. The highest BCUT2D eigenvalue weighted by Crippen LogP contribution is 2.26. The lowest BCUT2D eigenvalue weighted by molar-refractivity contribution is 0.0808.